The van der Waals surface area contributed by atoms with Crippen LogP contribution in [0.25, 0.3) is 0 Å². The highest BCUT2D eigenvalue weighted by Crippen LogP contribution is 2.38. The van der Waals surface area contributed by atoms with E-state index in [2.05, 4.69) is 5.32 Å². The van der Waals surface area contributed by atoms with Crippen molar-refractivity contribution in [2.75, 3.05) is 6.61 Å². The highest BCUT2D eigenvalue weighted by Gasteiger charge is 2.49. The Morgan fingerprint density at radius 2 is 2.47 bits per heavy atom. The standard InChI is InChI=1S/C12H15NO3S/c1-3-16-11(15)10-12(2,7-9(14)13-10)8-5-4-6-17-8/h4-6,10H,3,7H2,1-2H3,(H,13,14). The molecule has 0 bridgehead atoms. The van der Waals surface area contributed by atoms with Crippen molar-refractivity contribution in [3.05, 3.63) is 22.4 Å². The van der Waals surface area contributed by atoms with Crippen molar-refractivity contribution >= 4 is 23.2 Å². The van der Waals surface area contributed by atoms with E-state index in [4.69, 9.17) is 4.74 Å². The Labute approximate surface area is 104 Å². The number of rotatable bonds is 3. The molecule has 2 rings (SSSR count). The summed E-state index contributed by atoms with van der Waals surface area (Å²) in [6.07, 6.45) is 0.330. The Morgan fingerprint density at radius 1 is 1.71 bits per heavy atom. The van der Waals surface area contributed by atoms with Crippen molar-refractivity contribution in [3.8, 4) is 0 Å². The smallest absolute Gasteiger partial charge is 0.329 e. The quantitative estimate of drug-likeness (QED) is 0.830. The fourth-order valence-corrected chi connectivity index (χ4v) is 3.10. The Kier molecular flexibility index (Phi) is 3.19. The van der Waals surface area contributed by atoms with Crippen LogP contribution in [0.4, 0.5) is 0 Å². The van der Waals surface area contributed by atoms with Gasteiger partial charge < -0.3 is 10.1 Å². The number of amides is 1. The molecule has 0 spiro atoms. The van der Waals surface area contributed by atoms with Crippen molar-refractivity contribution in [1.29, 1.82) is 0 Å². The molecule has 2 heterocycles. The van der Waals surface area contributed by atoms with E-state index in [1.807, 2.05) is 24.4 Å². The predicted octanol–water partition coefficient (Wildman–Crippen LogP) is 1.46. The minimum absolute atomic E-state index is 0.0982. The van der Waals surface area contributed by atoms with Gasteiger partial charge in [0.1, 0.15) is 6.04 Å². The normalized spacial score (nSPS) is 27.9. The number of thiophene rings is 1. The third-order valence-electron chi connectivity index (χ3n) is 3.08. The third-order valence-corrected chi connectivity index (χ3v) is 4.23. The molecule has 1 aliphatic heterocycles. The van der Waals surface area contributed by atoms with E-state index in [1.165, 1.54) is 0 Å². The lowest BCUT2D eigenvalue weighted by Gasteiger charge is -2.27. The molecule has 1 aliphatic rings. The van der Waals surface area contributed by atoms with Gasteiger partial charge in [0.25, 0.3) is 0 Å². The molecule has 0 saturated carbocycles. The van der Waals surface area contributed by atoms with Gasteiger partial charge in [-0.1, -0.05) is 13.0 Å². The van der Waals surface area contributed by atoms with Crippen LogP contribution >= 0.6 is 11.3 Å². The monoisotopic (exact) mass is 253 g/mol. The number of nitrogens with one attached hydrogen (secondary N) is 1. The van der Waals surface area contributed by atoms with E-state index in [0.29, 0.717) is 13.0 Å². The lowest BCUT2D eigenvalue weighted by Crippen LogP contribution is -2.45. The average Bonchev–Trinajstić information content (AvgIpc) is 2.87. The SMILES string of the molecule is CCOC(=O)C1NC(=O)CC1(C)c1cccs1. The second-order valence-electron chi connectivity index (χ2n) is 4.32. The van der Waals surface area contributed by atoms with E-state index >= 15 is 0 Å². The first-order valence-electron chi connectivity index (χ1n) is 5.58. The molecule has 1 aromatic heterocycles. The van der Waals surface area contributed by atoms with Gasteiger partial charge in [0.15, 0.2) is 0 Å². The minimum atomic E-state index is -0.575. The molecule has 1 amide bonds. The summed E-state index contributed by atoms with van der Waals surface area (Å²) in [5.74, 6) is -0.451. The highest BCUT2D eigenvalue weighted by atomic mass is 32.1. The van der Waals surface area contributed by atoms with Crippen molar-refractivity contribution in [3.63, 3.8) is 0 Å². The zero-order valence-corrected chi connectivity index (χ0v) is 10.7. The number of carbonyl (C=O) groups is 2. The summed E-state index contributed by atoms with van der Waals surface area (Å²) in [5.41, 5.74) is -0.489. The van der Waals surface area contributed by atoms with Gasteiger partial charge in [0, 0.05) is 16.7 Å². The molecule has 1 fully saturated rings. The summed E-state index contributed by atoms with van der Waals surface area (Å²) in [5, 5.41) is 4.66. The van der Waals surface area contributed by atoms with Crippen LogP contribution in [-0.2, 0) is 19.7 Å². The molecule has 92 valence electrons. The van der Waals surface area contributed by atoms with Crippen LogP contribution < -0.4 is 5.32 Å². The van der Waals surface area contributed by atoms with Crippen LogP contribution in [0, 0.1) is 0 Å². The van der Waals surface area contributed by atoms with E-state index in [0.717, 1.165) is 4.88 Å². The third kappa shape index (κ3) is 2.07. The lowest BCUT2D eigenvalue weighted by atomic mass is 9.81. The first-order chi connectivity index (χ1) is 8.08. The average molecular weight is 253 g/mol. The van der Waals surface area contributed by atoms with Crippen LogP contribution in [0.15, 0.2) is 17.5 Å². The fourth-order valence-electron chi connectivity index (χ4n) is 2.18. The van der Waals surface area contributed by atoms with Crippen molar-refractivity contribution in [2.24, 2.45) is 0 Å². The van der Waals surface area contributed by atoms with E-state index in [9.17, 15) is 9.59 Å². The van der Waals surface area contributed by atoms with E-state index in [1.54, 1.807) is 18.3 Å². The van der Waals surface area contributed by atoms with Gasteiger partial charge >= 0.3 is 5.97 Å². The summed E-state index contributed by atoms with van der Waals surface area (Å²) in [4.78, 5) is 24.5. The van der Waals surface area contributed by atoms with Gasteiger partial charge in [-0.2, -0.15) is 0 Å². The second kappa shape index (κ2) is 4.49. The minimum Gasteiger partial charge on any atom is -0.464 e. The van der Waals surface area contributed by atoms with E-state index in [-0.39, 0.29) is 11.9 Å². The first-order valence-corrected chi connectivity index (χ1v) is 6.46. The molecule has 0 radical (unpaired) electrons. The van der Waals surface area contributed by atoms with E-state index < -0.39 is 11.5 Å². The zero-order chi connectivity index (χ0) is 12.5. The first kappa shape index (κ1) is 12.1. The second-order valence-corrected chi connectivity index (χ2v) is 5.27. The molecule has 0 aromatic carbocycles. The Balaban J connectivity index is 2.31. The zero-order valence-electron chi connectivity index (χ0n) is 9.86. The molecular weight excluding hydrogens is 238 g/mol. The Hall–Kier alpha value is -1.36. The van der Waals surface area contributed by atoms with Gasteiger partial charge in [-0.3, -0.25) is 4.79 Å². The number of hydrogen-bond donors (Lipinski definition) is 1. The van der Waals surface area contributed by atoms with Crippen LogP contribution in [0.5, 0.6) is 0 Å². The molecule has 17 heavy (non-hydrogen) atoms. The maximum absolute atomic E-state index is 11.9. The van der Waals surface area contributed by atoms with Gasteiger partial charge in [-0.05, 0) is 18.4 Å². The number of hydrogen-bond acceptors (Lipinski definition) is 4. The fraction of sp³-hybridized carbons (Fsp3) is 0.500. The summed E-state index contributed by atoms with van der Waals surface area (Å²) >= 11 is 1.56. The molecule has 0 aliphatic carbocycles. The Morgan fingerprint density at radius 3 is 3.06 bits per heavy atom. The van der Waals surface area contributed by atoms with Crippen LogP contribution in [0.2, 0.25) is 0 Å². The number of carbonyl (C=O) groups excluding carboxylic acids is 2. The molecule has 1 N–H and O–H groups in total. The molecule has 1 saturated heterocycles. The topological polar surface area (TPSA) is 55.4 Å². The van der Waals surface area contributed by atoms with Crippen LogP contribution in [-0.4, -0.2) is 24.5 Å². The van der Waals surface area contributed by atoms with Crippen molar-refractivity contribution in [1.82, 2.24) is 5.32 Å². The van der Waals surface area contributed by atoms with Gasteiger partial charge in [-0.25, -0.2) is 4.79 Å². The summed E-state index contributed by atoms with van der Waals surface area (Å²) in [6, 6.07) is 3.31. The summed E-state index contributed by atoms with van der Waals surface area (Å²) in [6.45, 7) is 4.02. The molecule has 5 heteroatoms. The molecule has 2 atom stereocenters. The number of esters is 1. The summed E-state index contributed by atoms with van der Waals surface area (Å²) in [7, 11) is 0. The largest absolute Gasteiger partial charge is 0.464 e. The van der Waals surface area contributed by atoms with Crippen molar-refractivity contribution in [2.45, 2.75) is 31.7 Å². The van der Waals surface area contributed by atoms with Crippen LogP contribution in [0.3, 0.4) is 0 Å². The highest BCUT2D eigenvalue weighted by molar-refractivity contribution is 7.10. The number of ether oxygens (including phenoxy) is 1. The van der Waals surface area contributed by atoms with Gasteiger partial charge in [0.05, 0.1) is 6.61 Å². The molecule has 1 aromatic rings. The molecule has 2 unspecified atom stereocenters. The van der Waals surface area contributed by atoms with Gasteiger partial charge in [0.2, 0.25) is 5.91 Å². The maximum Gasteiger partial charge on any atom is 0.329 e. The van der Waals surface area contributed by atoms with Crippen molar-refractivity contribution < 1.29 is 14.3 Å². The predicted molar refractivity (Wildman–Crippen MR) is 64.9 cm³/mol. The summed E-state index contributed by atoms with van der Waals surface area (Å²) < 4.78 is 5.02. The van der Waals surface area contributed by atoms with Crippen LogP contribution in [0.1, 0.15) is 25.1 Å². The maximum atomic E-state index is 11.9. The lowest BCUT2D eigenvalue weighted by molar-refractivity contribution is -0.147. The molecule has 4 nitrogen and oxygen atoms in total. The Bertz CT molecular complexity index is 429. The van der Waals surface area contributed by atoms with Gasteiger partial charge in [-0.15, -0.1) is 11.3 Å². The molecular formula is C12H15NO3S.